The van der Waals surface area contributed by atoms with Gasteiger partial charge in [0.1, 0.15) is 0 Å². The number of nitriles is 1. The first kappa shape index (κ1) is 14.1. The van der Waals surface area contributed by atoms with Crippen molar-refractivity contribution in [3.8, 4) is 6.07 Å². The Balaban J connectivity index is 2.30. The van der Waals surface area contributed by atoms with Crippen LogP contribution < -0.4 is 4.90 Å². The highest BCUT2D eigenvalue weighted by molar-refractivity contribution is 6.30. The van der Waals surface area contributed by atoms with Crippen LogP contribution in [0.25, 0.3) is 0 Å². The topological polar surface area (TPSA) is 44.1 Å². The van der Waals surface area contributed by atoms with Gasteiger partial charge in [0.05, 0.1) is 11.6 Å². The molecule has 0 fully saturated rings. The van der Waals surface area contributed by atoms with E-state index in [9.17, 15) is 4.79 Å². The average Bonchev–Trinajstić information content (AvgIpc) is 2.46. The van der Waals surface area contributed by atoms with E-state index in [1.54, 1.807) is 54.4 Å². The van der Waals surface area contributed by atoms with Crippen molar-refractivity contribution in [1.82, 2.24) is 0 Å². The molecule has 0 atom stereocenters. The summed E-state index contributed by atoms with van der Waals surface area (Å²) in [5.41, 5.74) is 2.75. The second-order valence-corrected chi connectivity index (χ2v) is 4.92. The van der Waals surface area contributed by atoms with Crippen LogP contribution in [0, 0.1) is 18.3 Å². The molecule has 0 unspecified atom stereocenters. The highest BCUT2D eigenvalue weighted by atomic mass is 35.5. The Kier molecular flexibility index (Phi) is 4.07. The van der Waals surface area contributed by atoms with Crippen molar-refractivity contribution in [2.24, 2.45) is 0 Å². The standard InChI is InChI=1S/C16H13ClN2O/c1-11-9-13(17)5-8-15(11)16(20)19(2)14-6-3-12(10-18)4-7-14/h3-9H,1-2H3. The van der Waals surface area contributed by atoms with E-state index < -0.39 is 0 Å². The zero-order chi connectivity index (χ0) is 14.7. The molecule has 20 heavy (non-hydrogen) atoms. The fourth-order valence-electron chi connectivity index (χ4n) is 1.92. The number of hydrogen-bond donors (Lipinski definition) is 0. The van der Waals surface area contributed by atoms with E-state index in [-0.39, 0.29) is 5.91 Å². The zero-order valence-corrected chi connectivity index (χ0v) is 12.0. The van der Waals surface area contributed by atoms with Crippen molar-refractivity contribution in [2.45, 2.75) is 6.92 Å². The molecule has 0 aliphatic heterocycles. The lowest BCUT2D eigenvalue weighted by Gasteiger charge is -2.18. The Labute approximate surface area is 123 Å². The average molecular weight is 285 g/mol. The Hall–Kier alpha value is -2.31. The van der Waals surface area contributed by atoms with Crippen molar-refractivity contribution in [3.63, 3.8) is 0 Å². The maximum absolute atomic E-state index is 12.4. The number of halogens is 1. The summed E-state index contributed by atoms with van der Waals surface area (Å²) in [6.45, 7) is 1.85. The van der Waals surface area contributed by atoms with Crippen molar-refractivity contribution in [2.75, 3.05) is 11.9 Å². The van der Waals surface area contributed by atoms with Crippen LogP contribution in [-0.4, -0.2) is 13.0 Å². The molecule has 0 saturated heterocycles. The predicted molar refractivity (Wildman–Crippen MR) is 80.1 cm³/mol. The van der Waals surface area contributed by atoms with Gasteiger partial charge in [-0.2, -0.15) is 5.26 Å². The minimum absolute atomic E-state index is 0.108. The summed E-state index contributed by atoms with van der Waals surface area (Å²) >= 11 is 5.90. The normalized spacial score (nSPS) is 9.90. The predicted octanol–water partition coefficient (Wildman–Crippen LogP) is 3.80. The van der Waals surface area contributed by atoms with E-state index in [0.717, 1.165) is 11.3 Å². The summed E-state index contributed by atoms with van der Waals surface area (Å²) in [4.78, 5) is 14.0. The highest BCUT2D eigenvalue weighted by Gasteiger charge is 2.15. The number of benzene rings is 2. The summed E-state index contributed by atoms with van der Waals surface area (Å²) in [5.74, 6) is -0.108. The Morgan fingerprint density at radius 1 is 1.20 bits per heavy atom. The molecule has 1 amide bonds. The molecule has 3 nitrogen and oxygen atoms in total. The minimum atomic E-state index is -0.108. The smallest absolute Gasteiger partial charge is 0.258 e. The third-order valence-corrected chi connectivity index (χ3v) is 3.34. The van der Waals surface area contributed by atoms with Crippen molar-refractivity contribution in [3.05, 3.63) is 64.2 Å². The highest BCUT2D eigenvalue weighted by Crippen LogP contribution is 2.20. The molecule has 2 rings (SSSR count). The minimum Gasteiger partial charge on any atom is -0.311 e. The molecule has 0 N–H and O–H groups in total. The lowest BCUT2D eigenvalue weighted by molar-refractivity contribution is 0.0992. The van der Waals surface area contributed by atoms with Crippen LogP contribution in [0.15, 0.2) is 42.5 Å². The van der Waals surface area contributed by atoms with Crippen LogP contribution in [0.1, 0.15) is 21.5 Å². The second-order valence-electron chi connectivity index (χ2n) is 4.48. The molecule has 2 aromatic rings. The van der Waals surface area contributed by atoms with Crippen molar-refractivity contribution < 1.29 is 4.79 Å². The number of anilines is 1. The molecule has 0 saturated carbocycles. The first-order valence-corrected chi connectivity index (χ1v) is 6.45. The van der Waals surface area contributed by atoms with Gasteiger partial charge in [-0.15, -0.1) is 0 Å². The quantitative estimate of drug-likeness (QED) is 0.842. The van der Waals surface area contributed by atoms with Crippen LogP contribution in [0.2, 0.25) is 5.02 Å². The molecule has 4 heteroatoms. The molecular weight excluding hydrogens is 272 g/mol. The molecular formula is C16H13ClN2O. The SMILES string of the molecule is Cc1cc(Cl)ccc1C(=O)N(C)c1ccc(C#N)cc1. The van der Waals surface area contributed by atoms with Gasteiger partial charge < -0.3 is 4.90 Å². The molecule has 2 aromatic carbocycles. The molecule has 0 radical (unpaired) electrons. The van der Waals surface area contributed by atoms with Gasteiger partial charge in [-0.25, -0.2) is 0 Å². The van der Waals surface area contributed by atoms with E-state index >= 15 is 0 Å². The van der Waals surface area contributed by atoms with Crippen molar-refractivity contribution >= 4 is 23.2 Å². The lowest BCUT2D eigenvalue weighted by Crippen LogP contribution is -2.26. The first-order valence-electron chi connectivity index (χ1n) is 6.07. The van der Waals surface area contributed by atoms with Crippen LogP contribution in [-0.2, 0) is 0 Å². The first-order chi connectivity index (χ1) is 9.52. The van der Waals surface area contributed by atoms with Crippen LogP contribution in [0.3, 0.4) is 0 Å². The van der Waals surface area contributed by atoms with E-state index in [0.29, 0.717) is 16.1 Å². The number of rotatable bonds is 2. The Morgan fingerprint density at radius 3 is 2.40 bits per heavy atom. The van der Waals surface area contributed by atoms with Crippen LogP contribution >= 0.6 is 11.6 Å². The third-order valence-electron chi connectivity index (χ3n) is 3.11. The van der Waals surface area contributed by atoms with Gasteiger partial charge in [0, 0.05) is 23.3 Å². The largest absolute Gasteiger partial charge is 0.311 e. The lowest BCUT2D eigenvalue weighted by atomic mass is 10.1. The molecule has 0 bridgehead atoms. The maximum atomic E-state index is 12.4. The van der Waals surface area contributed by atoms with E-state index in [4.69, 9.17) is 16.9 Å². The third kappa shape index (κ3) is 2.81. The van der Waals surface area contributed by atoms with Gasteiger partial charge in [0.15, 0.2) is 0 Å². The fourth-order valence-corrected chi connectivity index (χ4v) is 2.15. The summed E-state index contributed by atoms with van der Waals surface area (Å²) in [6, 6.07) is 14.1. The number of carbonyl (C=O) groups excluding carboxylic acids is 1. The monoisotopic (exact) mass is 284 g/mol. The molecule has 0 heterocycles. The van der Waals surface area contributed by atoms with E-state index in [1.807, 2.05) is 6.92 Å². The maximum Gasteiger partial charge on any atom is 0.258 e. The zero-order valence-electron chi connectivity index (χ0n) is 11.2. The number of amides is 1. The Bertz CT molecular complexity index is 687. The van der Waals surface area contributed by atoms with Gasteiger partial charge in [0.25, 0.3) is 5.91 Å². The van der Waals surface area contributed by atoms with Crippen LogP contribution in [0.5, 0.6) is 0 Å². The number of nitrogens with zero attached hydrogens (tertiary/aromatic N) is 2. The van der Waals surface area contributed by atoms with Gasteiger partial charge in [-0.3, -0.25) is 4.79 Å². The van der Waals surface area contributed by atoms with E-state index in [2.05, 4.69) is 6.07 Å². The molecule has 0 spiro atoms. The van der Waals surface area contributed by atoms with E-state index in [1.165, 1.54) is 0 Å². The Morgan fingerprint density at radius 2 is 1.85 bits per heavy atom. The number of carbonyl (C=O) groups is 1. The van der Waals surface area contributed by atoms with Crippen LogP contribution in [0.4, 0.5) is 5.69 Å². The molecule has 0 aromatic heterocycles. The molecule has 0 aliphatic rings. The summed E-state index contributed by atoms with van der Waals surface area (Å²) in [7, 11) is 1.71. The number of hydrogen-bond acceptors (Lipinski definition) is 2. The van der Waals surface area contributed by atoms with Gasteiger partial charge in [-0.1, -0.05) is 11.6 Å². The van der Waals surface area contributed by atoms with Gasteiger partial charge in [0.2, 0.25) is 0 Å². The van der Waals surface area contributed by atoms with Crippen molar-refractivity contribution in [1.29, 1.82) is 5.26 Å². The summed E-state index contributed by atoms with van der Waals surface area (Å²) in [6.07, 6.45) is 0. The number of aryl methyl sites for hydroxylation is 1. The van der Waals surface area contributed by atoms with Gasteiger partial charge >= 0.3 is 0 Å². The fraction of sp³-hybridized carbons (Fsp3) is 0.125. The van der Waals surface area contributed by atoms with Gasteiger partial charge in [-0.05, 0) is 55.0 Å². The molecule has 0 aliphatic carbocycles. The second kappa shape index (κ2) is 5.77. The summed E-state index contributed by atoms with van der Waals surface area (Å²) in [5, 5.41) is 9.38. The summed E-state index contributed by atoms with van der Waals surface area (Å²) < 4.78 is 0. The molecule has 100 valence electrons.